The predicted octanol–water partition coefficient (Wildman–Crippen LogP) is 4.17. The standard InChI is InChI=1S/C26H26N2O6S/c1-19-7-11-21(12-8-19)15-16-35(31,32)27-17-26(30)33-18-25(29)28-23-5-3-4-6-24(23)34-22-13-9-20(2)10-14-22/h3-16,27H,17-18H2,1-2H3,(H,28,29)/b16-15+. The molecule has 0 aliphatic carbocycles. The minimum absolute atomic E-state index is 0.399. The number of rotatable bonds is 10. The van der Waals surface area contributed by atoms with Gasteiger partial charge in [-0.1, -0.05) is 59.7 Å². The molecule has 3 aromatic rings. The molecule has 0 aliphatic rings. The number of aryl methyl sites for hydroxylation is 2. The van der Waals surface area contributed by atoms with Crippen LogP contribution in [0.1, 0.15) is 16.7 Å². The maximum Gasteiger partial charge on any atom is 0.321 e. The Bertz CT molecular complexity index is 1300. The molecule has 0 unspecified atom stereocenters. The largest absolute Gasteiger partial charge is 0.455 e. The van der Waals surface area contributed by atoms with Crippen molar-refractivity contribution in [1.29, 1.82) is 0 Å². The third-order valence-electron chi connectivity index (χ3n) is 4.71. The molecule has 8 nitrogen and oxygen atoms in total. The van der Waals surface area contributed by atoms with Crippen LogP contribution in [0.15, 0.2) is 78.2 Å². The molecular formula is C26H26N2O6S. The maximum atomic E-state index is 12.3. The Kier molecular flexibility index (Phi) is 8.77. The van der Waals surface area contributed by atoms with E-state index in [-0.39, 0.29) is 0 Å². The van der Waals surface area contributed by atoms with E-state index in [0.29, 0.717) is 22.7 Å². The average molecular weight is 495 g/mol. The molecule has 0 saturated carbocycles. The first-order valence-corrected chi connectivity index (χ1v) is 12.3. The molecule has 0 bridgehead atoms. The van der Waals surface area contributed by atoms with E-state index in [4.69, 9.17) is 9.47 Å². The van der Waals surface area contributed by atoms with Crippen LogP contribution in [0.2, 0.25) is 0 Å². The number of anilines is 1. The zero-order valence-corrected chi connectivity index (χ0v) is 20.2. The van der Waals surface area contributed by atoms with Crippen LogP contribution in [-0.4, -0.2) is 33.4 Å². The van der Waals surface area contributed by atoms with Gasteiger partial charge in [0.15, 0.2) is 12.4 Å². The van der Waals surface area contributed by atoms with Gasteiger partial charge in [-0.2, -0.15) is 0 Å². The van der Waals surface area contributed by atoms with E-state index in [1.807, 2.05) is 50.2 Å². The smallest absolute Gasteiger partial charge is 0.321 e. The van der Waals surface area contributed by atoms with Crippen molar-refractivity contribution in [3.05, 3.63) is 94.9 Å². The first-order valence-electron chi connectivity index (χ1n) is 10.7. The molecule has 0 aliphatic heterocycles. The molecule has 0 spiro atoms. The summed E-state index contributed by atoms with van der Waals surface area (Å²) in [6.07, 6.45) is 1.41. The number of para-hydroxylation sites is 2. The number of carbonyl (C=O) groups is 2. The van der Waals surface area contributed by atoms with E-state index in [0.717, 1.165) is 16.5 Å². The van der Waals surface area contributed by atoms with Crippen LogP contribution < -0.4 is 14.8 Å². The van der Waals surface area contributed by atoms with Gasteiger partial charge in [-0.05, 0) is 49.8 Å². The van der Waals surface area contributed by atoms with Crippen molar-refractivity contribution >= 4 is 33.7 Å². The lowest BCUT2D eigenvalue weighted by atomic mass is 10.2. The molecule has 2 N–H and O–H groups in total. The van der Waals surface area contributed by atoms with Crippen LogP contribution >= 0.6 is 0 Å². The van der Waals surface area contributed by atoms with E-state index in [1.165, 1.54) is 6.08 Å². The number of hydrogen-bond donors (Lipinski definition) is 2. The second kappa shape index (κ2) is 12.0. The number of ether oxygens (including phenoxy) is 2. The number of sulfonamides is 1. The third kappa shape index (κ3) is 8.73. The quantitative estimate of drug-likeness (QED) is 0.410. The molecule has 0 atom stereocenters. The first-order chi connectivity index (χ1) is 16.7. The minimum atomic E-state index is -3.86. The van der Waals surface area contributed by atoms with Crippen LogP contribution in [0.5, 0.6) is 11.5 Å². The van der Waals surface area contributed by atoms with Gasteiger partial charge in [0.1, 0.15) is 12.3 Å². The van der Waals surface area contributed by atoms with Crippen molar-refractivity contribution in [1.82, 2.24) is 4.72 Å². The first kappa shape index (κ1) is 25.7. The molecule has 35 heavy (non-hydrogen) atoms. The highest BCUT2D eigenvalue weighted by Crippen LogP contribution is 2.29. The molecule has 0 heterocycles. The summed E-state index contributed by atoms with van der Waals surface area (Å²) in [4.78, 5) is 24.2. The summed E-state index contributed by atoms with van der Waals surface area (Å²) in [6, 6.07) is 21.5. The second-order valence-corrected chi connectivity index (χ2v) is 9.35. The highest BCUT2D eigenvalue weighted by molar-refractivity contribution is 7.92. The number of nitrogens with one attached hydrogen (secondary N) is 2. The second-order valence-electron chi connectivity index (χ2n) is 7.70. The highest BCUT2D eigenvalue weighted by atomic mass is 32.2. The van der Waals surface area contributed by atoms with E-state index in [9.17, 15) is 18.0 Å². The van der Waals surface area contributed by atoms with Gasteiger partial charge in [-0.3, -0.25) is 9.59 Å². The minimum Gasteiger partial charge on any atom is -0.455 e. The van der Waals surface area contributed by atoms with Crippen molar-refractivity contribution in [2.24, 2.45) is 0 Å². The van der Waals surface area contributed by atoms with Gasteiger partial charge in [0, 0.05) is 5.41 Å². The number of esters is 1. The molecule has 0 aromatic heterocycles. The number of carbonyl (C=O) groups excluding carboxylic acids is 2. The van der Waals surface area contributed by atoms with Crippen molar-refractivity contribution in [2.75, 3.05) is 18.5 Å². The van der Waals surface area contributed by atoms with Crippen LogP contribution in [0.25, 0.3) is 6.08 Å². The van der Waals surface area contributed by atoms with Crippen molar-refractivity contribution in [2.45, 2.75) is 13.8 Å². The van der Waals surface area contributed by atoms with E-state index < -0.39 is 35.1 Å². The fraction of sp³-hybridized carbons (Fsp3) is 0.154. The Balaban J connectivity index is 1.47. The molecule has 3 rings (SSSR count). The summed E-state index contributed by atoms with van der Waals surface area (Å²) in [5, 5.41) is 3.58. The summed E-state index contributed by atoms with van der Waals surface area (Å²) < 4.78 is 36.9. The van der Waals surface area contributed by atoms with E-state index in [2.05, 4.69) is 10.0 Å². The third-order valence-corrected chi connectivity index (χ3v) is 5.75. The summed E-state index contributed by atoms with van der Waals surface area (Å²) in [5.74, 6) is -0.464. The van der Waals surface area contributed by atoms with Crippen molar-refractivity contribution in [3.63, 3.8) is 0 Å². The predicted molar refractivity (Wildman–Crippen MR) is 134 cm³/mol. The van der Waals surface area contributed by atoms with Crippen LogP contribution in [0.3, 0.4) is 0 Å². The zero-order chi connectivity index (χ0) is 25.3. The van der Waals surface area contributed by atoms with Crippen LogP contribution in [0.4, 0.5) is 5.69 Å². The summed E-state index contributed by atoms with van der Waals surface area (Å²) in [6.45, 7) is 2.70. The van der Waals surface area contributed by atoms with Gasteiger partial charge >= 0.3 is 5.97 Å². The van der Waals surface area contributed by atoms with Gasteiger partial charge in [0.2, 0.25) is 10.0 Å². The van der Waals surface area contributed by atoms with Crippen LogP contribution in [0, 0.1) is 13.8 Å². The molecule has 182 valence electrons. The summed E-state index contributed by atoms with van der Waals surface area (Å²) in [7, 11) is -3.86. The van der Waals surface area contributed by atoms with E-state index >= 15 is 0 Å². The Hall–Kier alpha value is -3.95. The normalized spacial score (nSPS) is 11.3. The Labute approximate surface area is 204 Å². The SMILES string of the molecule is Cc1ccc(/C=C/S(=O)(=O)NCC(=O)OCC(=O)Nc2ccccc2Oc2ccc(C)cc2)cc1. The fourth-order valence-electron chi connectivity index (χ4n) is 2.83. The van der Waals surface area contributed by atoms with Gasteiger partial charge in [-0.25, -0.2) is 13.1 Å². The lowest BCUT2D eigenvalue weighted by molar-refractivity contribution is -0.146. The Morgan fingerprint density at radius 2 is 1.51 bits per heavy atom. The molecular weight excluding hydrogens is 468 g/mol. The van der Waals surface area contributed by atoms with E-state index in [1.54, 1.807) is 36.4 Å². The van der Waals surface area contributed by atoms with Gasteiger partial charge in [0.05, 0.1) is 5.69 Å². The average Bonchev–Trinajstić information content (AvgIpc) is 2.84. The monoisotopic (exact) mass is 494 g/mol. The molecule has 3 aromatic carbocycles. The zero-order valence-electron chi connectivity index (χ0n) is 19.4. The molecule has 0 saturated heterocycles. The topological polar surface area (TPSA) is 111 Å². The maximum absolute atomic E-state index is 12.3. The fourth-order valence-corrected chi connectivity index (χ4v) is 3.58. The lowest BCUT2D eigenvalue weighted by Gasteiger charge is -2.12. The Morgan fingerprint density at radius 1 is 0.886 bits per heavy atom. The molecule has 9 heteroatoms. The molecule has 0 fully saturated rings. The highest BCUT2D eigenvalue weighted by Gasteiger charge is 2.13. The van der Waals surface area contributed by atoms with Crippen molar-refractivity contribution < 1.29 is 27.5 Å². The van der Waals surface area contributed by atoms with Crippen molar-refractivity contribution in [3.8, 4) is 11.5 Å². The lowest BCUT2D eigenvalue weighted by Crippen LogP contribution is -2.31. The van der Waals surface area contributed by atoms with Gasteiger partial charge in [-0.15, -0.1) is 0 Å². The summed E-state index contributed by atoms with van der Waals surface area (Å²) in [5.41, 5.74) is 3.24. The number of hydrogen-bond acceptors (Lipinski definition) is 6. The summed E-state index contributed by atoms with van der Waals surface area (Å²) >= 11 is 0. The molecule has 0 radical (unpaired) electrons. The van der Waals surface area contributed by atoms with Gasteiger partial charge < -0.3 is 14.8 Å². The Morgan fingerprint density at radius 3 is 2.20 bits per heavy atom. The molecule has 1 amide bonds. The number of benzene rings is 3. The van der Waals surface area contributed by atoms with Gasteiger partial charge in [0.25, 0.3) is 5.91 Å². The number of amides is 1. The van der Waals surface area contributed by atoms with Crippen LogP contribution in [-0.2, 0) is 24.3 Å².